The van der Waals surface area contributed by atoms with Crippen LogP contribution in [0.5, 0.6) is 0 Å². The summed E-state index contributed by atoms with van der Waals surface area (Å²) in [6, 6.07) is 0. The molecule has 0 rings (SSSR count). The van der Waals surface area contributed by atoms with Crippen molar-refractivity contribution in [1.82, 2.24) is 5.32 Å². The van der Waals surface area contributed by atoms with Gasteiger partial charge in [-0.05, 0) is 20.4 Å². The fourth-order valence-corrected chi connectivity index (χ4v) is 1.10. The van der Waals surface area contributed by atoms with Crippen LogP contribution in [0, 0.1) is 0 Å². The van der Waals surface area contributed by atoms with Crippen LogP contribution in [-0.2, 0) is 14.2 Å². The Hall–Kier alpha value is -0.160. The molecule has 0 radical (unpaired) electrons. The standard InChI is InChI=1S/C11H25NO3/c1-5-12-10-11(2,3)15-9-8-14-7-6-13-4/h12H,5-10H2,1-4H3. The summed E-state index contributed by atoms with van der Waals surface area (Å²) in [6.45, 7) is 10.6. The second-order valence-electron chi connectivity index (χ2n) is 3.99. The molecule has 0 aromatic rings. The average Bonchev–Trinajstić information content (AvgIpc) is 2.20. The van der Waals surface area contributed by atoms with Crippen molar-refractivity contribution in [2.75, 3.05) is 46.6 Å². The second-order valence-corrected chi connectivity index (χ2v) is 3.99. The van der Waals surface area contributed by atoms with Crippen molar-refractivity contribution in [2.24, 2.45) is 0 Å². The lowest BCUT2D eigenvalue weighted by Crippen LogP contribution is -2.38. The summed E-state index contributed by atoms with van der Waals surface area (Å²) in [5.74, 6) is 0. The van der Waals surface area contributed by atoms with E-state index >= 15 is 0 Å². The normalized spacial score (nSPS) is 12.0. The zero-order valence-corrected chi connectivity index (χ0v) is 10.5. The van der Waals surface area contributed by atoms with E-state index in [1.165, 1.54) is 0 Å². The van der Waals surface area contributed by atoms with Crippen molar-refractivity contribution < 1.29 is 14.2 Å². The van der Waals surface area contributed by atoms with Crippen LogP contribution in [-0.4, -0.2) is 52.2 Å². The van der Waals surface area contributed by atoms with Gasteiger partial charge in [-0.3, -0.25) is 0 Å². The summed E-state index contributed by atoms with van der Waals surface area (Å²) in [5, 5.41) is 3.26. The van der Waals surface area contributed by atoms with Gasteiger partial charge in [0.1, 0.15) is 0 Å². The Balaban J connectivity index is 3.32. The van der Waals surface area contributed by atoms with Crippen molar-refractivity contribution in [2.45, 2.75) is 26.4 Å². The minimum absolute atomic E-state index is 0.124. The predicted octanol–water partition coefficient (Wildman–Crippen LogP) is 1.05. The van der Waals surface area contributed by atoms with Crippen LogP contribution >= 0.6 is 0 Å². The molecule has 0 aliphatic heterocycles. The maximum Gasteiger partial charge on any atom is 0.0751 e. The molecule has 0 aromatic heterocycles. The van der Waals surface area contributed by atoms with Crippen LogP contribution in [0.4, 0.5) is 0 Å². The quantitative estimate of drug-likeness (QED) is 0.558. The molecule has 0 unspecified atom stereocenters. The van der Waals surface area contributed by atoms with Crippen LogP contribution < -0.4 is 5.32 Å². The molecule has 0 bridgehead atoms. The average molecular weight is 219 g/mol. The van der Waals surface area contributed by atoms with Crippen LogP contribution in [0.15, 0.2) is 0 Å². The molecule has 0 atom stereocenters. The highest BCUT2D eigenvalue weighted by atomic mass is 16.5. The van der Waals surface area contributed by atoms with E-state index < -0.39 is 0 Å². The van der Waals surface area contributed by atoms with Gasteiger partial charge in [0, 0.05) is 13.7 Å². The van der Waals surface area contributed by atoms with E-state index in [2.05, 4.69) is 26.1 Å². The van der Waals surface area contributed by atoms with Crippen LogP contribution in [0.3, 0.4) is 0 Å². The fourth-order valence-electron chi connectivity index (χ4n) is 1.10. The van der Waals surface area contributed by atoms with Gasteiger partial charge in [-0.25, -0.2) is 0 Å². The third kappa shape index (κ3) is 10.1. The molecule has 0 amide bonds. The van der Waals surface area contributed by atoms with Crippen LogP contribution in [0.1, 0.15) is 20.8 Å². The first kappa shape index (κ1) is 14.8. The summed E-state index contributed by atoms with van der Waals surface area (Å²) in [5.41, 5.74) is -0.124. The van der Waals surface area contributed by atoms with Crippen molar-refractivity contribution >= 4 is 0 Å². The first-order valence-electron chi connectivity index (χ1n) is 5.53. The smallest absolute Gasteiger partial charge is 0.0751 e. The van der Waals surface area contributed by atoms with Gasteiger partial charge in [-0.15, -0.1) is 0 Å². The number of hydrogen-bond acceptors (Lipinski definition) is 4. The summed E-state index contributed by atoms with van der Waals surface area (Å²) in [7, 11) is 1.67. The molecule has 0 aliphatic carbocycles. The molecule has 92 valence electrons. The molecular weight excluding hydrogens is 194 g/mol. The van der Waals surface area contributed by atoms with Gasteiger partial charge in [0.2, 0.25) is 0 Å². The molecule has 4 nitrogen and oxygen atoms in total. The van der Waals surface area contributed by atoms with Gasteiger partial charge in [-0.1, -0.05) is 6.92 Å². The third-order valence-electron chi connectivity index (χ3n) is 1.95. The van der Waals surface area contributed by atoms with E-state index in [0.717, 1.165) is 13.1 Å². The molecular formula is C11H25NO3. The molecule has 0 fully saturated rings. The van der Waals surface area contributed by atoms with E-state index in [1.54, 1.807) is 7.11 Å². The van der Waals surface area contributed by atoms with Gasteiger partial charge in [0.05, 0.1) is 32.0 Å². The summed E-state index contributed by atoms with van der Waals surface area (Å²) >= 11 is 0. The minimum Gasteiger partial charge on any atom is -0.382 e. The van der Waals surface area contributed by atoms with E-state index in [1.807, 2.05) is 0 Å². The molecule has 0 aromatic carbocycles. The van der Waals surface area contributed by atoms with Gasteiger partial charge in [-0.2, -0.15) is 0 Å². The van der Waals surface area contributed by atoms with Gasteiger partial charge < -0.3 is 19.5 Å². The molecule has 1 N–H and O–H groups in total. The van der Waals surface area contributed by atoms with Crippen LogP contribution in [0.2, 0.25) is 0 Å². The Labute approximate surface area is 93.3 Å². The molecule has 0 aliphatic rings. The lowest BCUT2D eigenvalue weighted by Gasteiger charge is -2.25. The molecule has 0 saturated heterocycles. The van der Waals surface area contributed by atoms with E-state index in [9.17, 15) is 0 Å². The van der Waals surface area contributed by atoms with E-state index in [-0.39, 0.29) is 5.60 Å². The van der Waals surface area contributed by atoms with Crippen molar-refractivity contribution in [1.29, 1.82) is 0 Å². The third-order valence-corrected chi connectivity index (χ3v) is 1.95. The number of hydrogen-bond donors (Lipinski definition) is 1. The zero-order valence-electron chi connectivity index (χ0n) is 10.5. The summed E-state index contributed by atoms with van der Waals surface area (Å²) < 4.78 is 15.9. The van der Waals surface area contributed by atoms with Crippen LogP contribution in [0.25, 0.3) is 0 Å². The summed E-state index contributed by atoms with van der Waals surface area (Å²) in [4.78, 5) is 0. The minimum atomic E-state index is -0.124. The Morgan fingerprint density at radius 1 is 1.07 bits per heavy atom. The maximum atomic E-state index is 5.68. The number of nitrogens with one attached hydrogen (secondary N) is 1. The first-order valence-corrected chi connectivity index (χ1v) is 5.53. The van der Waals surface area contributed by atoms with Crippen molar-refractivity contribution in [3.05, 3.63) is 0 Å². The number of rotatable bonds is 10. The number of likely N-dealkylation sites (N-methyl/N-ethyl adjacent to an activating group) is 1. The van der Waals surface area contributed by atoms with Gasteiger partial charge in [0.15, 0.2) is 0 Å². The lowest BCUT2D eigenvalue weighted by atomic mass is 10.1. The molecule has 0 spiro atoms. The van der Waals surface area contributed by atoms with Gasteiger partial charge >= 0.3 is 0 Å². The largest absolute Gasteiger partial charge is 0.382 e. The topological polar surface area (TPSA) is 39.7 Å². The highest BCUT2D eigenvalue weighted by Gasteiger charge is 2.16. The molecule has 4 heteroatoms. The highest BCUT2D eigenvalue weighted by Crippen LogP contribution is 2.06. The first-order chi connectivity index (χ1) is 7.12. The fraction of sp³-hybridized carbons (Fsp3) is 1.00. The Kier molecular flexibility index (Phi) is 9.00. The monoisotopic (exact) mass is 219 g/mol. The van der Waals surface area contributed by atoms with E-state index in [0.29, 0.717) is 26.4 Å². The van der Waals surface area contributed by atoms with Gasteiger partial charge in [0.25, 0.3) is 0 Å². The second kappa shape index (κ2) is 9.09. The Morgan fingerprint density at radius 3 is 2.33 bits per heavy atom. The molecule has 0 heterocycles. The number of ether oxygens (including phenoxy) is 3. The predicted molar refractivity (Wildman–Crippen MR) is 61.3 cm³/mol. The Bertz CT molecular complexity index is 140. The van der Waals surface area contributed by atoms with Crippen molar-refractivity contribution in [3.8, 4) is 0 Å². The Morgan fingerprint density at radius 2 is 1.73 bits per heavy atom. The SMILES string of the molecule is CCNCC(C)(C)OCCOCCOC. The summed E-state index contributed by atoms with van der Waals surface area (Å²) in [6.07, 6.45) is 0. The highest BCUT2D eigenvalue weighted by molar-refractivity contribution is 4.71. The number of methoxy groups -OCH3 is 1. The molecule has 0 saturated carbocycles. The van der Waals surface area contributed by atoms with E-state index in [4.69, 9.17) is 14.2 Å². The lowest BCUT2D eigenvalue weighted by molar-refractivity contribution is -0.0488. The zero-order chi connectivity index (χ0) is 11.6. The van der Waals surface area contributed by atoms with Crippen molar-refractivity contribution in [3.63, 3.8) is 0 Å². The molecule has 15 heavy (non-hydrogen) atoms. The maximum absolute atomic E-state index is 5.68.